The minimum atomic E-state index is -0.379. The van der Waals surface area contributed by atoms with Crippen LogP contribution in [0, 0.1) is 12.7 Å². The Morgan fingerprint density at radius 2 is 1.87 bits per heavy atom. The Morgan fingerprint density at radius 1 is 1.10 bits per heavy atom. The van der Waals surface area contributed by atoms with E-state index in [1.54, 1.807) is 15.6 Å². The SMILES string of the molecule is CC[C@@H](C)NC(=O)CN1C(=O)CS[C@@H](c2cccc(F)c2)c2c(-c3ccccc3)nn(-c3cccc(C)c3)c21. The summed E-state index contributed by atoms with van der Waals surface area (Å²) < 4.78 is 16.2. The molecular weight excluding hydrogens is 511 g/mol. The lowest BCUT2D eigenvalue weighted by Crippen LogP contribution is -2.44. The summed E-state index contributed by atoms with van der Waals surface area (Å²) in [5.74, 6) is -0.122. The van der Waals surface area contributed by atoms with Gasteiger partial charge < -0.3 is 5.32 Å². The molecule has 0 fully saturated rings. The third-order valence-electron chi connectivity index (χ3n) is 6.86. The Hall–Kier alpha value is -3.91. The molecule has 0 radical (unpaired) electrons. The number of hydrogen-bond donors (Lipinski definition) is 1. The van der Waals surface area contributed by atoms with Gasteiger partial charge in [-0.1, -0.05) is 61.5 Å². The number of halogens is 1. The summed E-state index contributed by atoms with van der Waals surface area (Å²) in [5.41, 5.74) is 4.89. The largest absolute Gasteiger partial charge is 0.352 e. The third-order valence-corrected chi connectivity index (χ3v) is 8.11. The summed E-state index contributed by atoms with van der Waals surface area (Å²) in [7, 11) is 0. The van der Waals surface area contributed by atoms with Gasteiger partial charge in [0.15, 0.2) is 0 Å². The zero-order valence-electron chi connectivity index (χ0n) is 22.2. The number of thioether (sulfide) groups is 1. The number of anilines is 1. The second-order valence-corrected chi connectivity index (χ2v) is 10.9. The maximum absolute atomic E-state index is 14.5. The Kier molecular flexibility index (Phi) is 7.84. The molecule has 6 nitrogen and oxygen atoms in total. The van der Waals surface area contributed by atoms with Crippen molar-refractivity contribution in [2.45, 2.75) is 38.5 Å². The molecule has 0 spiro atoms. The average molecular weight is 543 g/mol. The first-order valence-electron chi connectivity index (χ1n) is 13.1. The molecule has 1 aliphatic rings. The van der Waals surface area contributed by atoms with Crippen LogP contribution < -0.4 is 10.2 Å². The van der Waals surface area contributed by atoms with Gasteiger partial charge >= 0.3 is 0 Å². The van der Waals surface area contributed by atoms with Crippen molar-refractivity contribution in [3.05, 3.63) is 101 Å². The molecule has 0 saturated carbocycles. The summed E-state index contributed by atoms with van der Waals surface area (Å²) in [4.78, 5) is 28.4. The number of aryl methyl sites for hydroxylation is 1. The fraction of sp³-hybridized carbons (Fsp3) is 0.258. The molecule has 1 aliphatic heterocycles. The Morgan fingerprint density at radius 3 is 2.59 bits per heavy atom. The molecule has 200 valence electrons. The van der Waals surface area contributed by atoms with Gasteiger partial charge in [0.25, 0.3) is 0 Å². The molecule has 39 heavy (non-hydrogen) atoms. The molecule has 4 aromatic rings. The van der Waals surface area contributed by atoms with Crippen molar-refractivity contribution in [2.75, 3.05) is 17.2 Å². The lowest BCUT2D eigenvalue weighted by molar-refractivity contribution is -0.123. The van der Waals surface area contributed by atoms with E-state index in [-0.39, 0.29) is 41.2 Å². The van der Waals surface area contributed by atoms with Gasteiger partial charge in [-0.3, -0.25) is 14.5 Å². The zero-order chi connectivity index (χ0) is 27.5. The van der Waals surface area contributed by atoms with Gasteiger partial charge in [-0.2, -0.15) is 5.10 Å². The highest BCUT2D eigenvalue weighted by atomic mass is 32.2. The molecule has 8 heteroatoms. The van der Waals surface area contributed by atoms with E-state index in [1.165, 1.54) is 23.9 Å². The van der Waals surface area contributed by atoms with Gasteiger partial charge in [-0.25, -0.2) is 9.07 Å². The summed E-state index contributed by atoms with van der Waals surface area (Å²) in [6.45, 7) is 5.79. The van der Waals surface area contributed by atoms with Crippen LogP contribution in [0.3, 0.4) is 0 Å². The number of hydrogen-bond acceptors (Lipinski definition) is 4. The minimum absolute atomic E-state index is 0.0185. The monoisotopic (exact) mass is 542 g/mol. The predicted octanol–water partition coefficient (Wildman–Crippen LogP) is 6.07. The van der Waals surface area contributed by atoms with Crippen molar-refractivity contribution in [3.63, 3.8) is 0 Å². The van der Waals surface area contributed by atoms with E-state index in [0.29, 0.717) is 11.5 Å². The topological polar surface area (TPSA) is 67.2 Å². The van der Waals surface area contributed by atoms with Gasteiger partial charge in [-0.15, -0.1) is 11.8 Å². The number of benzene rings is 3. The highest BCUT2D eigenvalue weighted by molar-refractivity contribution is 8.00. The molecule has 0 saturated heterocycles. The number of nitrogens with zero attached hydrogens (tertiary/aromatic N) is 3. The van der Waals surface area contributed by atoms with Crippen molar-refractivity contribution in [2.24, 2.45) is 0 Å². The van der Waals surface area contributed by atoms with Crippen LogP contribution in [0.2, 0.25) is 0 Å². The quantitative estimate of drug-likeness (QED) is 0.308. The summed E-state index contributed by atoms with van der Waals surface area (Å²) in [6, 6.07) is 24.1. The van der Waals surface area contributed by atoms with E-state index in [9.17, 15) is 14.0 Å². The number of rotatable bonds is 7. The maximum atomic E-state index is 14.5. The Bertz CT molecular complexity index is 1500. The number of amides is 2. The molecule has 3 aromatic carbocycles. The van der Waals surface area contributed by atoms with E-state index in [1.807, 2.05) is 81.4 Å². The smallest absolute Gasteiger partial charge is 0.240 e. The highest BCUT2D eigenvalue weighted by Gasteiger charge is 2.37. The maximum Gasteiger partial charge on any atom is 0.240 e. The fourth-order valence-corrected chi connectivity index (χ4v) is 5.95. The third kappa shape index (κ3) is 5.61. The van der Waals surface area contributed by atoms with E-state index in [2.05, 4.69) is 5.32 Å². The molecule has 2 amide bonds. The normalized spacial score (nSPS) is 15.9. The number of aromatic nitrogens is 2. The molecule has 0 aliphatic carbocycles. The van der Waals surface area contributed by atoms with Crippen molar-refractivity contribution < 1.29 is 14.0 Å². The van der Waals surface area contributed by atoms with Crippen molar-refractivity contribution in [1.29, 1.82) is 0 Å². The van der Waals surface area contributed by atoms with Crippen molar-refractivity contribution in [3.8, 4) is 16.9 Å². The van der Waals surface area contributed by atoms with Crippen molar-refractivity contribution >= 4 is 29.4 Å². The highest BCUT2D eigenvalue weighted by Crippen LogP contribution is 2.48. The Balaban J connectivity index is 1.78. The first-order valence-corrected chi connectivity index (χ1v) is 14.1. The molecule has 0 unspecified atom stereocenters. The average Bonchev–Trinajstić information content (AvgIpc) is 3.26. The van der Waals surface area contributed by atoms with Crippen molar-refractivity contribution in [1.82, 2.24) is 15.1 Å². The standard InChI is InChI=1S/C31H31FN4O2S/c1-4-21(3)33-26(37)18-35-27(38)19-39-30(23-13-9-14-24(32)17-23)28-29(22-11-6-5-7-12-22)34-36(31(28)35)25-15-8-10-20(2)16-25/h5-17,21,30H,4,18-19H2,1-3H3,(H,33,37)/t21-,30+/m1/s1. The van der Waals surface area contributed by atoms with Gasteiger partial charge in [0.1, 0.15) is 18.2 Å². The summed E-state index contributed by atoms with van der Waals surface area (Å²) >= 11 is 1.42. The van der Waals surface area contributed by atoms with E-state index in [0.717, 1.165) is 34.4 Å². The van der Waals surface area contributed by atoms with Crippen LogP contribution in [-0.2, 0) is 9.59 Å². The molecular formula is C31H31FN4O2S. The second-order valence-electron chi connectivity index (χ2n) is 9.81. The predicted molar refractivity (Wildman–Crippen MR) is 155 cm³/mol. The first-order chi connectivity index (χ1) is 18.9. The zero-order valence-corrected chi connectivity index (χ0v) is 23.0. The van der Waals surface area contributed by atoms with Crippen LogP contribution in [-0.4, -0.2) is 39.9 Å². The molecule has 0 bridgehead atoms. The molecule has 5 rings (SSSR count). The Labute approximate surface area is 232 Å². The molecule has 1 aromatic heterocycles. The number of fused-ring (bicyclic) bond motifs is 1. The number of carbonyl (C=O) groups is 2. The molecule has 2 heterocycles. The number of nitrogens with one attached hydrogen (secondary N) is 1. The minimum Gasteiger partial charge on any atom is -0.352 e. The van der Waals surface area contributed by atoms with Gasteiger partial charge in [0.2, 0.25) is 11.8 Å². The van der Waals surface area contributed by atoms with Crippen LogP contribution in [0.25, 0.3) is 16.9 Å². The van der Waals surface area contributed by atoms with Crippen LogP contribution in [0.15, 0.2) is 78.9 Å². The molecule has 1 N–H and O–H groups in total. The van der Waals surface area contributed by atoms with E-state index in [4.69, 9.17) is 5.10 Å². The second kappa shape index (κ2) is 11.5. The first kappa shape index (κ1) is 26.7. The van der Waals surface area contributed by atoms with E-state index < -0.39 is 0 Å². The van der Waals surface area contributed by atoms with Crippen LogP contribution >= 0.6 is 11.8 Å². The van der Waals surface area contributed by atoms with Crippen LogP contribution in [0.5, 0.6) is 0 Å². The molecule has 2 atom stereocenters. The van der Waals surface area contributed by atoms with Gasteiger partial charge in [-0.05, 0) is 55.7 Å². The lowest BCUT2D eigenvalue weighted by Gasteiger charge is -2.24. The van der Waals surface area contributed by atoms with E-state index >= 15 is 0 Å². The fourth-order valence-electron chi connectivity index (χ4n) is 4.77. The van der Waals surface area contributed by atoms with Gasteiger partial charge in [0.05, 0.1) is 22.4 Å². The van der Waals surface area contributed by atoms with Gasteiger partial charge in [0, 0.05) is 17.2 Å². The number of carbonyl (C=O) groups excluding carboxylic acids is 2. The van der Waals surface area contributed by atoms with Crippen LogP contribution in [0.4, 0.5) is 10.2 Å². The summed E-state index contributed by atoms with van der Waals surface area (Å²) in [6.07, 6.45) is 0.780. The lowest BCUT2D eigenvalue weighted by atomic mass is 9.99. The summed E-state index contributed by atoms with van der Waals surface area (Å²) in [5, 5.41) is 7.67. The van der Waals surface area contributed by atoms with Crippen LogP contribution in [0.1, 0.15) is 42.2 Å².